The zero-order chi connectivity index (χ0) is 20.4. The number of hydrogen-bond acceptors (Lipinski definition) is 3. The van der Waals surface area contributed by atoms with Gasteiger partial charge >= 0.3 is 0 Å². The smallest absolute Gasteiger partial charge is 0.251 e. The number of amides is 2. The number of aromatic nitrogens is 2. The fourth-order valence-corrected chi connectivity index (χ4v) is 3.66. The van der Waals surface area contributed by atoms with Gasteiger partial charge in [0.1, 0.15) is 0 Å². The lowest BCUT2D eigenvalue weighted by molar-refractivity contribution is -0.119. The van der Waals surface area contributed by atoms with Crippen LogP contribution in [-0.2, 0) is 11.8 Å². The molecule has 1 aliphatic heterocycles. The fourth-order valence-electron chi connectivity index (χ4n) is 3.40. The van der Waals surface area contributed by atoms with Crippen molar-refractivity contribution in [2.75, 3.05) is 6.54 Å². The Kier molecular flexibility index (Phi) is 5.70. The third-order valence-corrected chi connectivity index (χ3v) is 5.17. The average Bonchev–Trinajstić information content (AvgIpc) is 2.89. The standard InChI is InChI=1S/C21H23ClN4O2/c1-12-8-13(2)25-19(27)9-15(12)10-23-21(28)17-7-5-6-16(14(17)3)20-18(22)11-24-26(20)4/h5-8,11H,9-10H2,1-4H3,(H,23,28)(H,25,27). The first-order chi connectivity index (χ1) is 13.3. The minimum atomic E-state index is -0.191. The lowest BCUT2D eigenvalue weighted by Gasteiger charge is -2.14. The first-order valence-corrected chi connectivity index (χ1v) is 9.38. The highest BCUT2D eigenvalue weighted by Gasteiger charge is 2.18. The van der Waals surface area contributed by atoms with Crippen LogP contribution in [0.2, 0.25) is 5.02 Å². The summed E-state index contributed by atoms with van der Waals surface area (Å²) < 4.78 is 1.69. The van der Waals surface area contributed by atoms with Gasteiger partial charge in [-0.1, -0.05) is 23.7 Å². The highest BCUT2D eigenvalue weighted by Crippen LogP contribution is 2.31. The minimum absolute atomic E-state index is 0.0705. The van der Waals surface area contributed by atoms with Gasteiger partial charge in [-0.25, -0.2) is 0 Å². The van der Waals surface area contributed by atoms with Gasteiger partial charge in [-0.2, -0.15) is 5.10 Å². The van der Waals surface area contributed by atoms with Crippen LogP contribution in [0.3, 0.4) is 0 Å². The van der Waals surface area contributed by atoms with E-state index < -0.39 is 0 Å². The van der Waals surface area contributed by atoms with Crippen LogP contribution in [0.4, 0.5) is 0 Å². The number of hydrogen-bond donors (Lipinski definition) is 2. The molecule has 2 aromatic rings. The first-order valence-electron chi connectivity index (χ1n) is 9.00. The molecule has 0 bridgehead atoms. The topological polar surface area (TPSA) is 76.0 Å². The van der Waals surface area contributed by atoms with Crippen LogP contribution < -0.4 is 10.6 Å². The van der Waals surface area contributed by atoms with E-state index in [0.717, 1.165) is 33.7 Å². The lowest BCUT2D eigenvalue weighted by atomic mass is 9.99. The van der Waals surface area contributed by atoms with Crippen LogP contribution in [0.25, 0.3) is 11.3 Å². The summed E-state index contributed by atoms with van der Waals surface area (Å²) >= 11 is 6.27. The Morgan fingerprint density at radius 1 is 1.32 bits per heavy atom. The van der Waals surface area contributed by atoms with E-state index in [0.29, 0.717) is 17.1 Å². The van der Waals surface area contributed by atoms with E-state index in [9.17, 15) is 9.59 Å². The molecule has 0 fully saturated rings. The van der Waals surface area contributed by atoms with Crippen molar-refractivity contribution < 1.29 is 9.59 Å². The summed E-state index contributed by atoms with van der Waals surface area (Å²) in [6.07, 6.45) is 3.78. The second-order valence-electron chi connectivity index (χ2n) is 6.96. The number of allylic oxidation sites excluding steroid dienone is 3. The summed E-state index contributed by atoms with van der Waals surface area (Å²) in [6.45, 7) is 6.00. The molecule has 3 rings (SSSR count). The molecule has 0 atom stereocenters. The van der Waals surface area contributed by atoms with E-state index in [1.807, 2.05) is 46.0 Å². The Labute approximate surface area is 169 Å². The summed E-state index contributed by atoms with van der Waals surface area (Å²) in [4.78, 5) is 24.8. The zero-order valence-electron chi connectivity index (χ0n) is 16.4. The van der Waals surface area contributed by atoms with Crippen molar-refractivity contribution in [3.63, 3.8) is 0 Å². The average molecular weight is 399 g/mol. The summed E-state index contributed by atoms with van der Waals surface area (Å²) in [5.74, 6) is -0.262. The predicted octanol–water partition coefficient (Wildman–Crippen LogP) is 3.52. The second-order valence-corrected chi connectivity index (χ2v) is 7.37. The molecular weight excluding hydrogens is 376 g/mol. The lowest BCUT2D eigenvalue weighted by Crippen LogP contribution is -2.28. The van der Waals surface area contributed by atoms with Crippen LogP contribution in [0, 0.1) is 6.92 Å². The summed E-state index contributed by atoms with van der Waals surface area (Å²) in [7, 11) is 1.81. The number of carbonyl (C=O) groups excluding carboxylic acids is 2. The molecule has 1 aromatic heterocycles. The van der Waals surface area contributed by atoms with Crippen LogP contribution in [-0.4, -0.2) is 28.1 Å². The predicted molar refractivity (Wildman–Crippen MR) is 110 cm³/mol. The SMILES string of the molecule is CC1=CC(C)=C(CNC(=O)c2cccc(-c3c(Cl)cnn3C)c2C)CC(=O)N1. The van der Waals surface area contributed by atoms with Gasteiger partial charge in [0.25, 0.3) is 5.91 Å². The molecule has 2 amide bonds. The van der Waals surface area contributed by atoms with Crippen molar-refractivity contribution in [3.05, 3.63) is 63.5 Å². The largest absolute Gasteiger partial charge is 0.348 e. The molecule has 146 valence electrons. The number of rotatable bonds is 4. The molecule has 1 aromatic carbocycles. The van der Waals surface area contributed by atoms with Gasteiger partial charge in [0, 0.05) is 30.4 Å². The van der Waals surface area contributed by atoms with Gasteiger partial charge in [0.2, 0.25) is 5.91 Å². The highest BCUT2D eigenvalue weighted by molar-refractivity contribution is 6.33. The van der Waals surface area contributed by atoms with E-state index in [-0.39, 0.29) is 18.2 Å². The number of carbonyl (C=O) groups is 2. The number of aryl methyl sites for hydroxylation is 1. The van der Waals surface area contributed by atoms with Gasteiger partial charge < -0.3 is 10.6 Å². The van der Waals surface area contributed by atoms with Crippen LogP contribution in [0.5, 0.6) is 0 Å². The molecule has 0 radical (unpaired) electrons. The maximum atomic E-state index is 12.8. The second kappa shape index (κ2) is 8.02. The number of benzene rings is 1. The molecule has 28 heavy (non-hydrogen) atoms. The summed E-state index contributed by atoms with van der Waals surface area (Å²) in [5.41, 5.74) is 5.71. The third kappa shape index (κ3) is 4.02. The van der Waals surface area contributed by atoms with E-state index in [4.69, 9.17) is 11.6 Å². The van der Waals surface area contributed by atoms with Gasteiger partial charge in [0.05, 0.1) is 23.3 Å². The van der Waals surface area contributed by atoms with Crippen molar-refractivity contribution >= 4 is 23.4 Å². The normalized spacial score (nSPS) is 14.5. The van der Waals surface area contributed by atoms with Crippen molar-refractivity contribution in [1.82, 2.24) is 20.4 Å². The Morgan fingerprint density at radius 3 is 2.75 bits per heavy atom. The Balaban J connectivity index is 1.83. The van der Waals surface area contributed by atoms with E-state index in [1.54, 1.807) is 16.9 Å². The maximum Gasteiger partial charge on any atom is 0.251 e. The molecule has 2 heterocycles. The highest BCUT2D eigenvalue weighted by atomic mass is 35.5. The maximum absolute atomic E-state index is 12.8. The molecule has 6 nitrogen and oxygen atoms in total. The molecule has 0 spiro atoms. The van der Waals surface area contributed by atoms with E-state index in [2.05, 4.69) is 15.7 Å². The van der Waals surface area contributed by atoms with Gasteiger partial charge in [-0.3, -0.25) is 14.3 Å². The molecule has 0 saturated heterocycles. The van der Waals surface area contributed by atoms with Crippen molar-refractivity contribution in [1.29, 1.82) is 0 Å². The summed E-state index contributed by atoms with van der Waals surface area (Å²) in [5, 5.41) is 10.5. The van der Waals surface area contributed by atoms with Crippen molar-refractivity contribution in [3.8, 4) is 11.3 Å². The van der Waals surface area contributed by atoms with E-state index in [1.165, 1.54) is 0 Å². The summed E-state index contributed by atoms with van der Waals surface area (Å²) in [6, 6.07) is 5.53. The Hall–Kier alpha value is -2.86. The molecule has 7 heteroatoms. The van der Waals surface area contributed by atoms with E-state index >= 15 is 0 Å². The quantitative estimate of drug-likeness (QED) is 0.827. The van der Waals surface area contributed by atoms with Crippen LogP contribution >= 0.6 is 11.6 Å². The Bertz CT molecular complexity index is 998. The van der Waals surface area contributed by atoms with Gasteiger partial charge in [-0.15, -0.1) is 0 Å². The van der Waals surface area contributed by atoms with Gasteiger partial charge in [-0.05, 0) is 49.6 Å². The van der Waals surface area contributed by atoms with Crippen molar-refractivity contribution in [2.45, 2.75) is 27.2 Å². The molecule has 0 saturated carbocycles. The van der Waals surface area contributed by atoms with Crippen LogP contribution in [0.1, 0.15) is 36.2 Å². The number of nitrogens with one attached hydrogen (secondary N) is 2. The molecule has 1 aliphatic rings. The molecule has 0 aliphatic carbocycles. The van der Waals surface area contributed by atoms with Crippen LogP contribution in [0.15, 0.2) is 47.3 Å². The number of halogens is 1. The monoisotopic (exact) mass is 398 g/mol. The molecular formula is C21H23ClN4O2. The molecule has 0 unspecified atom stereocenters. The Morgan fingerprint density at radius 2 is 2.07 bits per heavy atom. The fraction of sp³-hybridized carbons (Fsp3) is 0.286. The zero-order valence-corrected chi connectivity index (χ0v) is 17.1. The first kappa shape index (κ1) is 19.9. The number of nitrogens with zero attached hydrogens (tertiary/aromatic N) is 2. The molecule has 2 N–H and O–H groups in total. The van der Waals surface area contributed by atoms with Gasteiger partial charge in [0.15, 0.2) is 0 Å². The third-order valence-electron chi connectivity index (χ3n) is 4.89. The minimum Gasteiger partial charge on any atom is -0.348 e. The van der Waals surface area contributed by atoms with Crippen molar-refractivity contribution in [2.24, 2.45) is 7.05 Å².